The second-order valence-electron chi connectivity index (χ2n) is 6.39. The van der Waals surface area contributed by atoms with E-state index >= 15 is 0 Å². The van der Waals surface area contributed by atoms with Crippen molar-refractivity contribution in [3.63, 3.8) is 0 Å². The molecule has 1 aromatic carbocycles. The number of nitrogens with zero attached hydrogens (tertiary/aromatic N) is 2. The maximum atomic E-state index is 12.3. The van der Waals surface area contributed by atoms with Crippen molar-refractivity contribution in [2.24, 2.45) is 4.99 Å². The highest BCUT2D eigenvalue weighted by atomic mass is 32.2. The SMILES string of the molecule is CS(=O)(=O)OC1(c2cccs2)C(c2ccccc2)SC2=NCCCCN21. The molecule has 0 saturated carbocycles. The summed E-state index contributed by atoms with van der Waals surface area (Å²) < 4.78 is 30.6. The van der Waals surface area contributed by atoms with E-state index in [9.17, 15) is 8.42 Å². The molecular formula is C18H20N2O3S3. The number of aliphatic imine (C=N–C) groups is 1. The van der Waals surface area contributed by atoms with Crippen LogP contribution in [-0.4, -0.2) is 37.8 Å². The lowest BCUT2D eigenvalue weighted by Gasteiger charge is -2.39. The highest BCUT2D eigenvalue weighted by Gasteiger charge is 2.58. The van der Waals surface area contributed by atoms with Gasteiger partial charge in [0.2, 0.25) is 5.72 Å². The van der Waals surface area contributed by atoms with E-state index < -0.39 is 15.8 Å². The molecule has 0 spiro atoms. The molecule has 5 nitrogen and oxygen atoms in total. The molecule has 0 aliphatic carbocycles. The summed E-state index contributed by atoms with van der Waals surface area (Å²) in [5, 5.41) is 2.62. The molecule has 1 saturated heterocycles. The summed E-state index contributed by atoms with van der Waals surface area (Å²) in [4.78, 5) is 7.68. The second kappa shape index (κ2) is 6.99. The minimum Gasteiger partial charge on any atom is -0.316 e. The zero-order chi connectivity index (χ0) is 18.2. The van der Waals surface area contributed by atoms with Crippen molar-refractivity contribution in [2.45, 2.75) is 23.8 Å². The van der Waals surface area contributed by atoms with Crippen molar-refractivity contribution in [1.29, 1.82) is 0 Å². The zero-order valence-electron chi connectivity index (χ0n) is 14.4. The minimum atomic E-state index is -3.70. The molecule has 1 aromatic heterocycles. The van der Waals surface area contributed by atoms with E-state index in [0.717, 1.165) is 47.8 Å². The molecule has 4 rings (SSSR count). The maximum absolute atomic E-state index is 12.3. The van der Waals surface area contributed by atoms with Crippen LogP contribution in [0, 0.1) is 0 Å². The van der Waals surface area contributed by atoms with E-state index in [0.29, 0.717) is 0 Å². The van der Waals surface area contributed by atoms with Gasteiger partial charge in [-0.05, 0) is 29.9 Å². The van der Waals surface area contributed by atoms with Crippen LogP contribution in [0.1, 0.15) is 28.5 Å². The maximum Gasteiger partial charge on any atom is 0.267 e. The van der Waals surface area contributed by atoms with Crippen molar-refractivity contribution in [2.75, 3.05) is 19.3 Å². The van der Waals surface area contributed by atoms with Gasteiger partial charge in [-0.25, -0.2) is 4.18 Å². The van der Waals surface area contributed by atoms with Crippen LogP contribution in [0.15, 0.2) is 52.8 Å². The molecule has 0 N–H and O–H groups in total. The minimum absolute atomic E-state index is 0.214. The molecule has 2 aliphatic heterocycles. The van der Waals surface area contributed by atoms with Crippen molar-refractivity contribution >= 4 is 38.4 Å². The fourth-order valence-corrected chi connectivity index (χ4v) is 6.81. The van der Waals surface area contributed by atoms with Gasteiger partial charge in [0.1, 0.15) is 0 Å². The Bertz CT molecular complexity index is 897. The summed E-state index contributed by atoms with van der Waals surface area (Å²) in [6.45, 7) is 1.49. The molecular weight excluding hydrogens is 388 g/mol. The first-order chi connectivity index (χ1) is 12.5. The smallest absolute Gasteiger partial charge is 0.267 e. The summed E-state index contributed by atoms with van der Waals surface area (Å²) in [7, 11) is -3.70. The van der Waals surface area contributed by atoms with E-state index in [2.05, 4.69) is 4.90 Å². The van der Waals surface area contributed by atoms with Gasteiger partial charge in [0, 0.05) is 13.1 Å². The largest absolute Gasteiger partial charge is 0.316 e. The number of fused-ring (bicyclic) bond motifs is 1. The molecule has 2 unspecified atom stereocenters. The standard InChI is InChI=1S/C18H20N2O3S3/c1-26(21,22)23-18(15-10-7-13-24-15)16(14-8-3-2-4-9-14)25-17-19-11-5-6-12-20(17)18/h2-4,7-10,13,16H,5-6,11-12H2,1H3. The summed E-state index contributed by atoms with van der Waals surface area (Å²) in [6, 6.07) is 13.9. The molecule has 0 bridgehead atoms. The van der Waals surface area contributed by atoms with Gasteiger partial charge in [-0.2, -0.15) is 8.42 Å². The predicted molar refractivity (Wildman–Crippen MR) is 107 cm³/mol. The first kappa shape index (κ1) is 18.0. The molecule has 0 amide bonds. The Morgan fingerprint density at radius 2 is 2.00 bits per heavy atom. The van der Waals surface area contributed by atoms with Crippen LogP contribution in [0.4, 0.5) is 0 Å². The van der Waals surface area contributed by atoms with Crippen LogP contribution in [0.25, 0.3) is 0 Å². The van der Waals surface area contributed by atoms with Crippen molar-refractivity contribution < 1.29 is 12.6 Å². The number of hydrogen-bond acceptors (Lipinski definition) is 7. The molecule has 1 fully saturated rings. The van der Waals surface area contributed by atoms with Gasteiger partial charge < -0.3 is 4.90 Å². The molecule has 0 radical (unpaired) electrons. The average molecular weight is 409 g/mol. The molecule has 138 valence electrons. The van der Waals surface area contributed by atoms with Crippen LogP contribution >= 0.6 is 23.1 Å². The third kappa shape index (κ3) is 3.19. The van der Waals surface area contributed by atoms with Gasteiger partial charge in [0.25, 0.3) is 10.1 Å². The van der Waals surface area contributed by atoms with E-state index in [-0.39, 0.29) is 5.25 Å². The second-order valence-corrected chi connectivity index (χ2v) is 9.99. The zero-order valence-corrected chi connectivity index (χ0v) is 16.8. The van der Waals surface area contributed by atoms with Gasteiger partial charge in [0.15, 0.2) is 5.17 Å². The van der Waals surface area contributed by atoms with Gasteiger partial charge >= 0.3 is 0 Å². The summed E-state index contributed by atoms with van der Waals surface area (Å²) in [5.41, 5.74) is -0.0675. The predicted octanol–water partition coefficient (Wildman–Crippen LogP) is 3.82. The summed E-state index contributed by atoms with van der Waals surface area (Å²) in [6.07, 6.45) is 3.08. The normalized spacial score (nSPS) is 26.3. The molecule has 8 heteroatoms. The lowest BCUT2D eigenvalue weighted by molar-refractivity contribution is -0.0358. The fraction of sp³-hybridized carbons (Fsp3) is 0.389. The lowest BCUT2D eigenvalue weighted by atomic mass is 9.98. The highest BCUT2D eigenvalue weighted by molar-refractivity contribution is 8.14. The van der Waals surface area contributed by atoms with Crippen LogP contribution < -0.4 is 0 Å². The third-order valence-electron chi connectivity index (χ3n) is 4.50. The number of thiophene rings is 1. The fourth-order valence-electron chi connectivity index (χ4n) is 3.50. The molecule has 2 atom stereocenters. The third-order valence-corrected chi connectivity index (χ3v) is 7.42. The molecule has 3 heterocycles. The van der Waals surface area contributed by atoms with E-state index in [1.165, 1.54) is 11.3 Å². The molecule has 26 heavy (non-hydrogen) atoms. The van der Waals surface area contributed by atoms with Crippen LogP contribution in [0.5, 0.6) is 0 Å². The Balaban J connectivity index is 1.95. The first-order valence-electron chi connectivity index (χ1n) is 8.49. The Morgan fingerprint density at radius 1 is 1.19 bits per heavy atom. The van der Waals surface area contributed by atoms with Crippen LogP contribution in [-0.2, 0) is 20.0 Å². The molecule has 2 aromatic rings. The Kier molecular flexibility index (Phi) is 4.85. The monoisotopic (exact) mass is 408 g/mol. The van der Waals surface area contributed by atoms with Crippen molar-refractivity contribution in [3.8, 4) is 0 Å². The van der Waals surface area contributed by atoms with Crippen molar-refractivity contribution in [1.82, 2.24) is 4.90 Å². The number of amidine groups is 1. The van der Waals surface area contributed by atoms with Gasteiger partial charge in [0.05, 0.1) is 16.4 Å². The number of rotatable bonds is 4. The van der Waals surface area contributed by atoms with Gasteiger partial charge in [-0.1, -0.05) is 48.2 Å². The van der Waals surface area contributed by atoms with Crippen LogP contribution in [0.3, 0.4) is 0 Å². The lowest BCUT2D eigenvalue weighted by Crippen LogP contribution is -2.49. The first-order valence-corrected chi connectivity index (χ1v) is 12.1. The Morgan fingerprint density at radius 3 is 2.69 bits per heavy atom. The van der Waals surface area contributed by atoms with Crippen molar-refractivity contribution in [3.05, 3.63) is 58.3 Å². The summed E-state index contributed by atoms with van der Waals surface area (Å²) >= 11 is 3.12. The van der Waals surface area contributed by atoms with Gasteiger partial charge in [-0.15, -0.1) is 11.3 Å². The Labute approximate surface area is 162 Å². The van der Waals surface area contributed by atoms with E-state index in [4.69, 9.17) is 9.18 Å². The van der Waals surface area contributed by atoms with E-state index in [1.807, 2.05) is 47.8 Å². The molecule has 2 aliphatic rings. The number of benzene rings is 1. The van der Waals surface area contributed by atoms with Crippen LogP contribution in [0.2, 0.25) is 0 Å². The quantitative estimate of drug-likeness (QED) is 0.720. The van der Waals surface area contributed by atoms with E-state index in [1.54, 1.807) is 11.8 Å². The average Bonchev–Trinajstić information content (AvgIpc) is 3.16. The highest BCUT2D eigenvalue weighted by Crippen LogP contribution is 2.58. The topological polar surface area (TPSA) is 59.0 Å². The number of hydrogen-bond donors (Lipinski definition) is 0. The number of thioether (sulfide) groups is 1. The Hall–Kier alpha value is -1.35. The van der Waals surface area contributed by atoms with Gasteiger partial charge in [-0.3, -0.25) is 4.99 Å². The summed E-state index contributed by atoms with van der Waals surface area (Å²) in [5.74, 6) is 0.